The number of nitrogens with zero attached hydrogens (tertiary/aromatic N) is 1. The Morgan fingerprint density at radius 3 is 2.43 bits per heavy atom. The van der Waals surface area contributed by atoms with Gasteiger partial charge in [0.15, 0.2) is 0 Å². The van der Waals surface area contributed by atoms with Gasteiger partial charge in [0.05, 0.1) is 6.61 Å². The van der Waals surface area contributed by atoms with Crippen LogP contribution in [0.2, 0.25) is 0 Å². The second-order valence-corrected chi connectivity index (χ2v) is 3.06. The molecule has 0 aromatic carbocycles. The standard InChI is InChI=1S/C8H17N3O3/c1-6(2)11(4-5-14-3)8(13)7(12)10-9/h6H,4-5,9H2,1-3H3,(H,10,12). The van der Waals surface area contributed by atoms with Crippen LogP contribution in [0.1, 0.15) is 13.8 Å². The summed E-state index contributed by atoms with van der Waals surface area (Å²) in [5, 5.41) is 0. The van der Waals surface area contributed by atoms with Crippen molar-refractivity contribution in [1.82, 2.24) is 10.3 Å². The van der Waals surface area contributed by atoms with Crippen molar-refractivity contribution in [1.29, 1.82) is 0 Å². The highest BCUT2D eigenvalue weighted by molar-refractivity contribution is 6.34. The number of nitrogens with two attached hydrogens (primary N) is 1. The first-order chi connectivity index (χ1) is 6.54. The molecule has 0 saturated heterocycles. The molecule has 6 heteroatoms. The van der Waals surface area contributed by atoms with E-state index in [-0.39, 0.29) is 6.04 Å². The predicted octanol–water partition coefficient (Wildman–Crippen LogP) is -1.14. The molecule has 0 aromatic heterocycles. The van der Waals surface area contributed by atoms with E-state index >= 15 is 0 Å². The molecular formula is C8H17N3O3. The second kappa shape index (κ2) is 6.33. The van der Waals surface area contributed by atoms with Gasteiger partial charge in [-0.25, -0.2) is 5.84 Å². The molecular weight excluding hydrogens is 186 g/mol. The van der Waals surface area contributed by atoms with Gasteiger partial charge in [-0.05, 0) is 13.8 Å². The first-order valence-corrected chi connectivity index (χ1v) is 4.35. The monoisotopic (exact) mass is 203 g/mol. The Kier molecular flexibility index (Phi) is 5.82. The van der Waals surface area contributed by atoms with Crippen molar-refractivity contribution in [3.63, 3.8) is 0 Å². The van der Waals surface area contributed by atoms with Gasteiger partial charge in [-0.2, -0.15) is 0 Å². The van der Waals surface area contributed by atoms with Crippen molar-refractivity contribution in [2.45, 2.75) is 19.9 Å². The highest BCUT2D eigenvalue weighted by Gasteiger charge is 2.22. The normalized spacial score (nSPS) is 10.1. The van der Waals surface area contributed by atoms with E-state index in [4.69, 9.17) is 10.6 Å². The third-order valence-electron chi connectivity index (χ3n) is 1.75. The molecule has 0 heterocycles. The Bertz CT molecular complexity index is 206. The molecule has 82 valence electrons. The van der Waals surface area contributed by atoms with Crippen LogP contribution in [0.5, 0.6) is 0 Å². The number of rotatable bonds is 4. The smallest absolute Gasteiger partial charge is 0.323 e. The number of hydrogen-bond donors (Lipinski definition) is 2. The van der Waals surface area contributed by atoms with Crippen LogP contribution in [0.15, 0.2) is 0 Å². The fraction of sp³-hybridized carbons (Fsp3) is 0.750. The molecule has 0 bridgehead atoms. The second-order valence-electron chi connectivity index (χ2n) is 3.06. The Labute approximate surface area is 83.4 Å². The van der Waals surface area contributed by atoms with Crippen LogP contribution >= 0.6 is 0 Å². The van der Waals surface area contributed by atoms with E-state index in [9.17, 15) is 9.59 Å². The highest BCUT2D eigenvalue weighted by Crippen LogP contribution is 1.98. The maximum atomic E-state index is 11.4. The molecule has 0 aliphatic carbocycles. The summed E-state index contributed by atoms with van der Waals surface area (Å²) in [4.78, 5) is 23.7. The van der Waals surface area contributed by atoms with Crippen molar-refractivity contribution in [3.8, 4) is 0 Å². The van der Waals surface area contributed by atoms with E-state index in [1.165, 1.54) is 12.0 Å². The number of hydrogen-bond acceptors (Lipinski definition) is 4. The summed E-state index contributed by atoms with van der Waals surface area (Å²) in [5.74, 6) is 3.41. The van der Waals surface area contributed by atoms with E-state index in [0.29, 0.717) is 13.2 Å². The van der Waals surface area contributed by atoms with Gasteiger partial charge in [-0.1, -0.05) is 0 Å². The summed E-state index contributed by atoms with van der Waals surface area (Å²) >= 11 is 0. The Morgan fingerprint density at radius 2 is 2.07 bits per heavy atom. The molecule has 0 unspecified atom stereocenters. The van der Waals surface area contributed by atoms with Crippen molar-refractivity contribution in [3.05, 3.63) is 0 Å². The average molecular weight is 203 g/mol. The molecule has 14 heavy (non-hydrogen) atoms. The van der Waals surface area contributed by atoms with Crippen LogP contribution in [0.4, 0.5) is 0 Å². The number of methoxy groups -OCH3 is 1. The predicted molar refractivity (Wildman–Crippen MR) is 51.1 cm³/mol. The van der Waals surface area contributed by atoms with Gasteiger partial charge in [-0.3, -0.25) is 15.0 Å². The number of ether oxygens (including phenoxy) is 1. The zero-order chi connectivity index (χ0) is 11.1. The van der Waals surface area contributed by atoms with Gasteiger partial charge < -0.3 is 9.64 Å². The molecule has 0 rings (SSSR count). The molecule has 0 atom stereocenters. The maximum Gasteiger partial charge on any atom is 0.323 e. The van der Waals surface area contributed by atoms with E-state index in [1.807, 2.05) is 13.8 Å². The van der Waals surface area contributed by atoms with Crippen LogP contribution in [-0.2, 0) is 14.3 Å². The van der Waals surface area contributed by atoms with Gasteiger partial charge in [-0.15, -0.1) is 0 Å². The third kappa shape index (κ3) is 3.71. The molecule has 3 N–H and O–H groups in total. The molecule has 0 aliphatic rings. The van der Waals surface area contributed by atoms with Crippen LogP contribution in [0, 0.1) is 0 Å². The molecule has 0 fully saturated rings. The molecule has 0 radical (unpaired) electrons. The number of hydrazine groups is 1. The lowest BCUT2D eigenvalue weighted by atomic mass is 10.3. The maximum absolute atomic E-state index is 11.4. The molecule has 6 nitrogen and oxygen atoms in total. The minimum Gasteiger partial charge on any atom is -0.383 e. The number of carbonyl (C=O) groups is 2. The number of amides is 2. The quantitative estimate of drug-likeness (QED) is 0.262. The Morgan fingerprint density at radius 1 is 1.50 bits per heavy atom. The fourth-order valence-corrected chi connectivity index (χ4v) is 0.976. The molecule has 0 saturated carbocycles. The first kappa shape index (κ1) is 12.9. The van der Waals surface area contributed by atoms with Crippen LogP contribution in [0.3, 0.4) is 0 Å². The lowest BCUT2D eigenvalue weighted by Gasteiger charge is -2.25. The largest absolute Gasteiger partial charge is 0.383 e. The Hall–Kier alpha value is -1.14. The lowest BCUT2D eigenvalue weighted by Crippen LogP contribution is -2.49. The lowest BCUT2D eigenvalue weighted by molar-refractivity contribution is -0.147. The zero-order valence-electron chi connectivity index (χ0n) is 8.74. The van der Waals surface area contributed by atoms with Gasteiger partial charge in [0, 0.05) is 19.7 Å². The van der Waals surface area contributed by atoms with Crippen LogP contribution in [0.25, 0.3) is 0 Å². The minimum absolute atomic E-state index is 0.0602. The zero-order valence-corrected chi connectivity index (χ0v) is 8.74. The molecule has 0 spiro atoms. The minimum atomic E-state index is -0.810. The highest BCUT2D eigenvalue weighted by atomic mass is 16.5. The summed E-state index contributed by atoms with van der Waals surface area (Å²) in [6, 6.07) is -0.0602. The van der Waals surface area contributed by atoms with E-state index in [0.717, 1.165) is 0 Å². The van der Waals surface area contributed by atoms with Crippen molar-refractivity contribution < 1.29 is 14.3 Å². The van der Waals surface area contributed by atoms with Crippen molar-refractivity contribution >= 4 is 11.8 Å². The first-order valence-electron chi connectivity index (χ1n) is 4.35. The van der Waals surface area contributed by atoms with Crippen LogP contribution in [-0.4, -0.2) is 43.0 Å². The topological polar surface area (TPSA) is 84.7 Å². The van der Waals surface area contributed by atoms with E-state index < -0.39 is 11.8 Å². The summed E-state index contributed by atoms with van der Waals surface area (Å²) in [5.41, 5.74) is 1.81. The van der Waals surface area contributed by atoms with Crippen molar-refractivity contribution in [2.75, 3.05) is 20.3 Å². The summed E-state index contributed by atoms with van der Waals surface area (Å²) in [6.45, 7) is 4.40. The Balaban J connectivity index is 4.33. The molecule has 0 aliphatic heterocycles. The SMILES string of the molecule is COCCN(C(=O)C(=O)NN)C(C)C. The van der Waals surface area contributed by atoms with Gasteiger partial charge in [0.25, 0.3) is 0 Å². The van der Waals surface area contributed by atoms with Gasteiger partial charge in [0.2, 0.25) is 0 Å². The van der Waals surface area contributed by atoms with E-state index in [2.05, 4.69) is 0 Å². The van der Waals surface area contributed by atoms with Crippen LogP contribution < -0.4 is 11.3 Å². The van der Waals surface area contributed by atoms with E-state index in [1.54, 1.807) is 5.43 Å². The van der Waals surface area contributed by atoms with Crippen molar-refractivity contribution in [2.24, 2.45) is 5.84 Å². The number of carbonyl (C=O) groups excluding carboxylic acids is 2. The number of nitrogens with one attached hydrogen (secondary N) is 1. The molecule has 2 amide bonds. The summed E-state index contributed by atoms with van der Waals surface area (Å²) in [7, 11) is 1.53. The summed E-state index contributed by atoms with van der Waals surface area (Å²) in [6.07, 6.45) is 0. The van der Waals surface area contributed by atoms with Gasteiger partial charge >= 0.3 is 11.8 Å². The third-order valence-corrected chi connectivity index (χ3v) is 1.75. The molecule has 0 aromatic rings. The van der Waals surface area contributed by atoms with Gasteiger partial charge in [0.1, 0.15) is 0 Å². The fourth-order valence-electron chi connectivity index (χ4n) is 0.976. The summed E-state index contributed by atoms with van der Waals surface area (Å²) < 4.78 is 4.83. The average Bonchev–Trinajstić information content (AvgIpc) is 2.16.